The molecule has 0 saturated heterocycles. The van der Waals surface area contributed by atoms with Crippen LogP contribution in [0.15, 0.2) is 24.3 Å². The zero-order valence-electron chi connectivity index (χ0n) is 11.1. The van der Waals surface area contributed by atoms with Gasteiger partial charge in [0.1, 0.15) is 0 Å². The number of benzene rings is 1. The van der Waals surface area contributed by atoms with Crippen molar-refractivity contribution in [1.82, 2.24) is 0 Å². The maximum atomic E-state index is 12.3. The first kappa shape index (κ1) is 13.1. The Bertz CT molecular complexity index is 417. The quantitative estimate of drug-likeness (QED) is 0.886. The van der Waals surface area contributed by atoms with Crippen LogP contribution in [0, 0.1) is 5.92 Å². The topological polar surface area (TPSA) is 46.3 Å². The highest BCUT2D eigenvalue weighted by Crippen LogP contribution is 2.27. The van der Waals surface area contributed by atoms with Crippen molar-refractivity contribution in [2.24, 2.45) is 11.7 Å². The maximum absolute atomic E-state index is 12.3. The lowest BCUT2D eigenvalue weighted by molar-refractivity contribution is -0.119. The van der Waals surface area contributed by atoms with Gasteiger partial charge in [-0.3, -0.25) is 4.79 Å². The van der Waals surface area contributed by atoms with E-state index in [1.165, 1.54) is 5.56 Å². The van der Waals surface area contributed by atoms with E-state index in [9.17, 15) is 4.79 Å². The molecule has 0 fully saturated rings. The van der Waals surface area contributed by atoms with E-state index in [1.54, 1.807) is 0 Å². The van der Waals surface area contributed by atoms with Gasteiger partial charge < -0.3 is 10.6 Å². The molecule has 18 heavy (non-hydrogen) atoms. The molecule has 1 aromatic carbocycles. The average Bonchev–Trinajstić information content (AvgIpc) is 2.43. The largest absolute Gasteiger partial charge is 0.330 e. The summed E-state index contributed by atoms with van der Waals surface area (Å²) in [6, 6.07) is 8.23. The normalized spacial score (nSPS) is 16.2. The number of carbonyl (C=O) groups is 1. The summed E-state index contributed by atoms with van der Waals surface area (Å²) >= 11 is 0. The molecule has 0 saturated carbocycles. The van der Waals surface area contributed by atoms with Gasteiger partial charge in [-0.15, -0.1) is 0 Å². The van der Waals surface area contributed by atoms with Crippen LogP contribution in [-0.4, -0.2) is 19.0 Å². The highest BCUT2D eigenvalue weighted by molar-refractivity contribution is 5.94. The van der Waals surface area contributed by atoms with Gasteiger partial charge in [-0.1, -0.05) is 25.1 Å². The number of carbonyl (C=O) groups excluding carboxylic acids is 1. The second-order valence-corrected chi connectivity index (χ2v) is 5.16. The summed E-state index contributed by atoms with van der Waals surface area (Å²) in [4.78, 5) is 14.2. The number of nitrogens with zero attached hydrogens (tertiary/aromatic N) is 1. The molecule has 3 heteroatoms. The van der Waals surface area contributed by atoms with Gasteiger partial charge in [0.2, 0.25) is 5.91 Å². The second-order valence-electron chi connectivity index (χ2n) is 5.16. The Morgan fingerprint density at radius 3 is 3.00 bits per heavy atom. The number of fused-ring (bicyclic) bond motifs is 1. The van der Waals surface area contributed by atoms with Crippen molar-refractivity contribution in [3.63, 3.8) is 0 Å². The summed E-state index contributed by atoms with van der Waals surface area (Å²) in [5.74, 6) is 0.663. The van der Waals surface area contributed by atoms with Crippen LogP contribution in [-0.2, 0) is 11.2 Å². The van der Waals surface area contributed by atoms with E-state index in [-0.39, 0.29) is 5.91 Å². The Morgan fingerprint density at radius 2 is 2.22 bits per heavy atom. The highest BCUT2D eigenvalue weighted by atomic mass is 16.2. The Kier molecular flexibility index (Phi) is 4.37. The predicted octanol–water partition coefficient (Wildman–Crippen LogP) is 2.34. The molecule has 3 nitrogen and oxygen atoms in total. The zero-order chi connectivity index (χ0) is 13.0. The Balaban J connectivity index is 2.04. The second kappa shape index (κ2) is 6.01. The molecular formula is C15H22N2O. The van der Waals surface area contributed by atoms with E-state index in [0.717, 1.165) is 31.5 Å². The molecule has 1 heterocycles. The molecule has 1 unspecified atom stereocenters. The lowest BCUT2D eigenvalue weighted by Gasteiger charge is -2.29. The number of nitrogens with two attached hydrogens (primary N) is 1. The Hall–Kier alpha value is -1.35. The van der Waals surface area contributed by atoms with Gasteiger partial charge in [0, 0.05) is 18.7 Å². The van der Waals surface area contributed by atoms with Gasteiger partial charge in [0.25, 0.3) is 0 Å². The van der Waals surface area contributed by atoms with Crippen LogP contribution in [0.1, 0.15) is 31.7 Å². The molecule has 2 rings (SSSR count). The van der Waals surface area contributed by atoms with Crippen LogP contribution in [0.5, 0.6) is 0 Å². The third-order valence-electron chi connectivity index (χ3n) is 3.66. The molecule has 0 spiro atoms. The molecule has 2 N–H and O–H groups in total. The van der Waals surface area contributed by atoms with E-state index in [2.05, 4.69) is 19.1 Å². The number of rotatable bonds is 4. The molecular weight excluding hydrogens is 224 g/mol. The molecule has 1 aliphatic rings. The minimum atomic E-state index is 0.238. The fraction of sp³-hybridized carbons (Fsp3) is 0.533. The number of para-hydroxylation sites is 1. The van der Waals surface area contributed by atoms with Gasteiger partial charge in [-0.25, -0.2) is 0 Å². The van der Waals surface area contributed by atoms with E-state index in [0.29, 0.717) is 18.9 Å². The maximum Gasteiger partial charge on any atom is 0.226 e. The Morgan fingerprint density at radius 1 is 1.44 bits per heavy atom. The third-order valence-corrected chi connectivity index (χ3v) is 3.66. The van der Waals surface area contributed by atoms with Gasteiger partial charge in [-0.2, -0.15) is 0 Å². The van der Waals surface area contributed by atoms with Crippen molar-refractivity contribution in [1.29, 1.82) is 0 Å². The van der Waals surface area contributed by atoms with Crippen molar-refractivity contribution in [3.8, 4) is 0 Å². The monoisotopic (exact) mass is 246 g/mol. The number of aryl methyl sites for hydroxylation is 1. The molecule has 0 bridgehead atoms. The average molecular weight is 246 g/mol. The molecule has 1 atom stereocenters. The van der Waals surface area contributed by atoms with Crippen LogP contribution < -0.4 is 10.6 Å². The summed E-state index contributed by atoms with van der Waals surface area (Å²) in [6.07, 6.45) is 3.63. The summed E-state index contributed by atoms with van der Waals surface area (Å²) in [7, 11) is 0. The molecule has 0 aliphatic carbocycles. The first-order chi connectivity index (χ1) is 8.72. The fourth-order valence-electron chi connectivity index (χ4n) is 2.42. The van der Waals surface area contributed by atoms with Crippen LogP contribution in [0.25, 0.3) is 0 Å². The molecule has 0 aromatic heterocycles. The van der Waals surface area contributed by atoms with Crippen molar-refractivity contribution in [3.05, 3.63) is 29.8 Å². The van der Waals surface area contributed by atoms with Crippen molar-refractivity contribution < 1.29 is 4.79 Å². The molecule has 1 aromatic rings. The minimum absolute atomic E-state index is 0.238. The zero-order valence-corrected chi connectivity index (χ0v) is 11.1. The van der Waals surface area contributed by atoms with E-state index >= 15 is 0 Å². The van der Waals surface area contributed by atoms with E-state index in [1.807, 2.05) is 17.0 Å². The van der Waals surface area contributed by atoms with E-state index in [4.69, 9.17) is 5.73 Å². The highest BCUT2D eigenvalue weighted by Gasteiger charge is 2.21. The summed E-state index contributed by atoms with van der Waals surface area (Å²) in [5, 5.41) is 0. The number of hydrogen-bond acceptors (Lipinski definition) is 2. The molecule has 1 aliphatic heterocycles. The first-order valence-corrected chi connectivity index (χ1v) is 6.80. The standard InChI is InChI=1S/C15H22N2O/c1-12(11-16)8-9-15(18)17-10-4-6-13-5-2-3-7-14(13)17/h2-3,5,7,12H,4,6,8-11,16H2,1H3. The molecule has 0 radical (unpaired) electrons. The fourth-order valence-corrected chi connectivity index (χ4v) is 2.42. The van der Waals surface area contributed by atoms with Crippen molar-refractivity contribution in [2.75, 3.05) is 18.0 Å². The smallest absolute Gasteiger partial charge is 0.226 e. The predicted molar refractivity (Wildman–Crippen MR) is 74.6 cm³/mol. The van der Waals surface area contributed by atoms with E-state index < -0.39 is 0 Å². The van der Waals surface area contributed by atoms with Crippen LogP contribution in [0.2, 0.25) is 0 Å². The van der Waals surface area contributed by atoms with Gasteiger partial charge in [0.15, 0.2) is 0 Å². The lowest BCUT2D eigenvalue weighted by Crippen LogP contribution is -2.35. The minimum Gasteiger partial charge on any atom is -0.330 e. The van der Waals surface area contributed by atoms with Crippen molar-refractivity contribution >= 4 is 11.6 Å². The van der Waals surface area contributed by atoms with Crippen molar-refractivity contribution in [2.45, 2.75) is 32.6 Å². The van der Waals surface area contributed by atoms with Gasteiger partial charge >= 0.3 is 0 Å². The van der Waals surface area contributed by atoms with Gasteiger partial charge in [0.05, 0.1) is 0 Å². The first-order valence-electron chi connectivity index (χ1n) is 6.80. The Labute approximate surface area is 109 Å². The van der Waals surface area contributed by atoms with Crippen LogP contribution in [0.3, 0.4) is 0 Å². The molecule has 98 valence electrons. The number of amides is 1. The molecule has 1 amide bonds. The third kappa shape index (κ3) is 2.91. The summed E-state index contributed by atoms with van der Waals surface area (Å²) in [6.45, 7) is 3.61. The van der Waals surface area contributed by atoms with Crippen LogP contribution in [0.4, 0.5) is 5.69 Å². The summed E-state index contributed by atoms with van der Waals surface area (Å²) < 4.78 is 0. The number of anilines is 1. The SMILES string of the molecule is CC(CN)CCC(=O)N1CCCc2ccccc21. The number of hydrogen-bond donors (Lipinski definition) is 1. The summed E-state index contributed by atoms with van der Waals surface area (Å²) in [5.41, 5.74) is 7.99. The van der Waals surface area contributed by atoms with Gasteiger partial charge in [-0.05, 0) is 43.4 Å². The lowest BCUT2D eigenvalue weighted by atomic mass is 10.00. The van der Waals surface area contributed by atoms with Crippen LogP contribution >= 0.6 is 0 Å².